The third kappa shape index (κ3) is 3.25. The molecule has 0 amide bonds. The summed E-state index contributed by atoms with van der Waals surface area (Å²) in [5, 5.41) is 0. The molecule has 6 atom stereocenters. The predicted molar refractivity (Wildman–Crippen MR) is 132 cm³/mol. The van der Waals surface area contributed by atoms with Gasteiger partial charge in [0.15, 0.2) is 0 Å². The highest BCUT2D eigenvalue weighted by Crippen LogP contribution is 2.72. The molecule has 4 rings (SSSR count). The molecule has 0 aromatic carbocycles. The zero-order valence-electron chi connectivity index (χ0n) is 21.8. The SMILES string of the molecule is C/C(C=O)=C/CCC(C)[C@@H]1CC[C@]2(C)C3=C(CC[C@@]12C)C1(C)CCC(=O)C(C)(C)C1CC3. The topological polar surface area (TPSA) is 34.1 Å². The summed E-state index contributed by atoms with van der Waals surface area (Å²) >= 11 is 0. The summed E-state index contributed by atoms with van der Waals surface area (Å²) in [6.07, 6.45) is 14.7. The molecule has 4 aliphatic carbocycles. The molecular weight excluding hydrogens is 392 g/mol. The second kappa shape index (κ2) is 7.95. The summed E-state index contributed by atoms with van der Waals surface area (Å²) < 4.78 is 0. The lowest BCUT2D eigenvalue weighted by Crippen LogP contribution is -2.53. The van der Waals surface area contributed by atoms with Gasteiger partial charge in [0.05, 0.1) is 0 Å². The first kappa shape index (κ1) is 24.0. The zero-order chi connectivity index (χ0) is 23.5. The molecule has 0 heterocycles. The first-order valence-electron chi connectivity index (χ1n) is 13.3. The first-order chi connectivity index (χ1) is 14.9. The van der Waals surface area contributed by atoms with Crippen LogP contribution in [0, 0.1) is 39.4 Å². The van der Waals surface area contributed by atoms with Gasteiger partial charge in [0.1, 0.15) is 12.1 Å². The number of ketones is 1. The number of aldehydes is 1. The standard InChI is InChI=1S/C30H46O2/c1-20(19-31)9-8-10-21(2)22-13-17-30(7)24-11-12-25-27(3,4)26(32)15-16-28(25,5)23(24)14-18-29(22,30)6/h9,19,21-22,25H,8,10-18H2,1-7H3/b20-9-/t21?,22-,25?,28?,29-,30+/m0/s1. The lowest BCUT2D eigenvalue weighted by Gasteiger charge is -2.61. The lowest BCUT2D eigenvalue weighted by molar-refractivity contribution is -0.139. The van der Waals surface area contributed by atoms with Crippen molar-refractivity contribution in [2.75, 3.05) is 0 Å². The summed E-state index contributed by atoms with van der Waals surface area (Å²) in [7, 11) is 0. The number of fused-ring (bicyclic) bond motifs is 4. The average Bonchev–Trinajstić information content (AvgIpc) is 3.02. The molecule has 0 bridgehead atoms. The lowest BCUT2D eigenvalue weighted by atomic mass is 9.43. The molecule has 2 heteroatoms. The van der Waals surface area contributed by atoms with Crippen molar-refractivity contribution < 1.29 is 9.59 Å². The Bertz CT molecular complexity index is 860. The summed E-state index contributed by atoms with van der Waals surface area (Å²) in [5.41, 5.74) is 5.18. The molecular formula is C30H46O2. The van der Waals surface area contributed by atoms with Crippen LogP contribution in [0.1, 0.15) is 113 Å². The molecule has 32 heavy (non-hydrogen) atoms. The van der Waals surface area contributed by atoms with E-state index in [2.05, 4.69) is 47.6 Å². The Morgan fingerprint density at radius 1 is 1.00 bits per heavy atom. The van der Waals surface area contributed by atoms with E-state index in [1.807, 2.05) is 6.92 Å². The van der Waals surface area contributed by atoms with Crippen molar-refractivity contribution in [1.82, 2.24) is 0 Å². The van der Waals surface area contributed by atoms with Gasteiger partial charge in [0.25, 0.3) is 0 Å². The van der Waals surface area contributed by atoms with Crippen molar-refractivity contribution in [3.63, 3.8) is 0 Å². The van der Waals surface area contributed by atoms with Crippen LogP contribution < -0.4 is 0 Å². The van der Waals surface area contributed by atoms with Crippen molar-refractivity contribution in [1.29, 1.82) is 0 Å². The number of carbonyl (C=O) groups is 2. The molecule has 0 aromatic heterocycles. The number of hydrogen-bond donors (Lipinski definition) is 0. The van der Waals surface area contributed by atoms with Gasteiger partial charge in [-0.3, -0.25) is 9.59 Å². The van der Waals surface area contributed by atoms with E-state index in [4.69, 9.17) is 0 Å². The van der Waals surface area contributed by atoms with Gasteiger partial charge in [-0.2, -0.15) is 0 Å². The number of allylic oxidation sites excluding steroid dienone is 4. The van der Waals surface area contributed by atoms with E-state index >= 15 is 0 Å². The van der Waals surface area contributed by atoms with Gasteiger partial charge in [-0.05, 0) is 104 Å². The van der Waals surface area contributed by atoms with Gasteiger partial charge < -0.3 is 0 Å². The molecule has 2 fully saturated rings. The fourth-order valence-electron chi connectivity index (χ4n) is 9.27. The zero-order valence-corrected chi connectivity index (χ0v) is 21.8. The first-order valence-corrected chi connectivity index (χ1v) is 13.3. The van der Waals surface area contributed by atoms with Crippen LogP contribution in [-0.2, 0) is 9.59 Å². The third-order valence-corrected chi connectivity index (χ3v) is 11.5. The van der Waals surface area contributed by atoms with Crippen LogP contribution in [-0.4, -0.2) is 12.1 Å². The van der Waals surface area contributed by atoms with E-state index in [9.17, 15) is 9.59 Å². The smallest absolute Gasteiger partial charge is 0.145 e. The molecule has 0 aliphatic heterocycles. The summed E-state index contributed by atoms with van der Waals surface area (Å²) in [4.78, 5) is 23.7. The van der Waals surface area contributed by atoms with Crippen molar-refractivity contribution in [2.24, 2.45) is 39.4 Å². The van der Waals surface area contributed by atoms with Crippen LogP contribution in [0.15, 0.2) is 22.8 Å². The van der Waals surface area contributed by atoms with Gasteiger partial charge in [0.2, 0.25) is 0 Å². The number of Topliss-reactive ketones (excluding diaryl/α,β-unsaturated/α-hetero) is 1. The van der Waals surface area contributed by atoms with E-state index in [1.165, 1.54) is 44.9 Å². The number of rotatable bonds is 5. The highest BCUT2D eigenvalue weighted by Gasteiger charge is 2.63. The third-order valence-electron chi connectivity index (χ3n) is 11.5. The maximum Gasteiger partial charge on any atom is 0.145 e. The molecule has 3 unspecified atom stereocenters. The van der Waals surface area contributed by atoms with E-state index < -0.39 is 0 Å². The second-order valence-electron chi connectivity index (χ2n) is 13.1. The molecule has 178 valence electrons. The minimum absolute atomic E-state index is 0.174. The van der Waals surface area contributed by atoms with Crippen LogP contribution in [0.4, 0.5) is 0 Å². The molecule has 0 saturated heterocycles. The van der Waals surface area contributed by atoms with Gasteiger partial charge in [-0.15, -0.1) is 0 Å². The highest BCUT2D eigenvalue weighted by atomic mass is 16.1. The monoisotopic (exact) mass is 438 g/mol. The summed E-state index contributed by atoms with van der Waals surface area (Å²) in [6, 6.07) is 0. The maximum absolute atomic E-state index is 12.8. The van der Waals surface area contributed by atoms with Gasteiger partial charge in [-0.25, -0.2) is 0 Å². The maximum atomic E-state index is 12.8. The van der Waals surface area contributed by atoms with E-state index in [1.54, 1.807) is 11.1 Å². The molecule has 0 N–H and O–H groups in total. The van der Waals surface area contributed by atoms with Crippen LogP contribution in [0.25, 0.3) is 0 Å². The molecule has 0 spiro atoms. The van der Waals surface area contributed by atoms with Crippen LogP contribution in [0.5, 0.6) is 0 Å². The van der Waals surface area contributed by atoms with Crippen LogP contribution >= 0.6 is 0 Å². The summed E-state index contributed by atoms with van der Waals surface area (Å²) in [5.74, 6) is 2.45. The molecule has 4 aliphatic rings. The van der Waals surface area contributed by atoms with E-state index in [-0.39, 0.29) is 10.8 Å². The molecule has 2 saturated carbocycles. The van der Waals surface area contributed by atoms with Crippen molar-refractivity contribution in [3.05, 3.63) is 22.8 Å². The van der Waals surface area contributed by atoms with Crippen LogP contribution in [0.2, 0.25) is 0 Å². The minimum Gasteiger partial charge on any atom is -0.299 e. The Kier molecular flexibility index (Phi) is 5.95. The Balaban J connectivity index is 1.63. The van der Waals surface area contributed by atoms with Gasteiger partial charge in [-0.1, -0.05) is 58.8 Å². The van der Waals surface area contributed by atoms with Crippen molar-refractivity contribution >= 4 is 12.1 Å². The fraction of sp³-hybridized carbons (Fsp3) is 0.800. The Morgan fingerprint density at radius 3 is 2.41 bits per heavy atom. The Morgan fingerprint density at radius 2 is 1.72 bits per heavy atom. The average molecular weight is 439 g/mol. The van der Waals surface area contributed by atoms with Crippen molar-refractivity contribution in [3.8, 4) is 0 Å². The Hall–Kier alpha value is -1.18. The van der Waals surface area contributed by atoms with Crippen LogP contribution in [0.3, 0.4) is 0 Å². The van der Waals surface area contributed by atoms with Crippen molar-refractivity contribution in [2.45, 2.75) is 113 Å². The predicted octanol–water partition coefficient (Wildman–Crippen LogP) is 7.87. The minimum atomic E-state index is -0.174. The quantitative estimate of drug-likeness (QED) is 0.249. The number of hydrogen-bond acceptors (Lipinski definition) is 2. The van der Waals surface area contributed by atoms with Gasteiger partial charge in [0, 0.05) is 11.8 Å². The highest BCUT2D eigenvalue weighted by molar-refractivity contribution is 5.85. The molecule has 0 radical (unpaired) electrons. The normalized spacial score (nSPS) is 42.2. The van der Waals surface area contributed by atoms with Gasteiger partial charge >= 0.3 is 0 Å². The second-order valence-corrected chi connectivity index (χ2v) is 13.1. The molecule has 2 nitrogen and oxygen atoms in total. The Labute approximate surface area is 196 Å². The number of carbonyl (C=O) groups excluding carboxylic acids is 2. The summed E-state index contributed by atoms with van der Waals surface area (Å²) in [6.45, 7) is 16.6. The van der Waals surface area contributed by atoms with E-state index in [0.717, 1.165) is 37.0 Å². The fourth-order valence-corrected chi connectivity index (χ4v) is 9.27. The van der Waals surface area contributed by atoms with E-state index in [0.29, 0.717) is 28.4 Å². The molecule has 0 aromatic rings. The largest absolute Gasteiger partial charge is 0.299 e.